The highest BCUT2D eigenvalue weighted by Crippen LogP contribution is 2.54. The second-order valence-electron chi connectivity index (χ2n) is 3.51. The molecule has 1 saturated heterocycles. The van der Waals surface area contributed by atoms with E-state index in [1.54, 1.807) is 0 Å². The van der Waals surface area contributed by atoms with Gasteiger partial charge in [-0.15, -0.1) is 0 Å². The van der Waals surface area contributed by atoms with Crippen LogP contribution in [-0.4, -0.2) is 31.9 Å². The minimum Gasteiger partial charge on any atom is -0.357 e. The van der Waals surface area contributed by atoms with Crippen molar-refractivity contribution < 1.29 is 4.74 Å². The van der Waals surface area contributed by atoms with Crippen LogP contribution in [0, 0.1) is 0 Å². The van der Waals surface area contributed by atoms with E-state index in [-0.39, 0.29) is 6.23 Å². The molecule has 2 rings (SSSR count). The molecular weight excluding hydrogens is 170 g/mol. The Hall–Kier alpha value is -0.250. The van der Waals surface area contributed by atoms with Gasteiger partial charge in [-0.25, -0.2) is 10.0 Å². The predicted molar refractivity (Wildman–Crippen MR) is 54.4 cm³/mol. The molecule has 1 fully saturated rings. The van der Waals surface area contributed by atoms with Crippen LogP contribution in [0.15, 0.2) is 22.5 Å². The molecule has 0 aromatic carbocycles. The van der Waals surface area contributed by atoms with Crippen LogP contribution in [0.4, 0.5) is 0 Å². The van der Waals surface area contributed by atoms with Crippen molar-refractivity contribution in [1.29, 1.82) is 0 Å². The average molecular weight is 185 g/mol. The SMILES string of the molecule is CS1(C)C=CC=C1C1NCCO1. The molecule has 1 atom stereocenters. The van der Waals surface area contributed by atoms with Crippen molar-refractivity contribution in [1.82, 2.24) is 5.32 Å². The Morgan fingerprint density at radius 1 is 1.58 bits per heavy atom. The molecule has 0 aliphatic carbocycles. The normalized spacial score (nSPS) is 35.2. The van der Waals surface area contributed by atoms with Gasteiger partial charge in [0.15, 0.2) is 0 Å². The van der Waals surface area contributed by atoms with Gasteiger partial charge in [-0.3, -0.25) is 5.32 Å². The average Bonchev–Trinajstić information content (AvgIpc) is 2.55. The first-order valence-corrected chi connectivity index (χ1v) is 6.68. The van der Waals surface area contributed by atoms with Crippen LogP contribution in [0.3, 0.4) is 0 Å². The molecule has 2 heterocycles. The zero-order valence-corrected chi connectivity index (χ0v) is 8.36. The maximum atomic E-state index is 5.57. The Morgan fingerprint density at radius 2 is 2.42 bits per heavy atom. The summed E-state index contributed by atoms with van der Waals surface area (Å²) in [7, 11) is -0.677. The molecule has 0 radical (unpaired) electrons. The number of hydrogen-bond acceptors (Lipinski definition) is 2. The van der Waals surface area contributed by atoms with Crippen LogP contribution in [0.5, 0.6) is 0 Å². The van der Waals surface area contributed by atoms with Crippen molar-refractivity contribution in [3.05, 3.63) is 22.5 Å². The van der Waals surface area contributed by atoms with Gasteiger partial charge in [0.1, 0.15) is 6.23 Å². The Labute approximate surface area is 75.0 Å². The summed E-state index contributed by atoms with van der Waals surface area (Å²) in [5, 5.41) is 5.64. The highest BCUT2D eigenvalue weighted by Gasteiger charge is 2.28. The largest absolute Gasteiger partial charge is 0.357 e. The molecule has 2 aliphatic heterocycles. The molecule has 0 aromatic heterocycles. The first kappa shape index (κ1) is 8.35. The number of rotatable bonds is 1. The monoisotopic (exact) mass is 185 g/mol. The summed E-state index contributed by atoms with van der Waals surface area (Å²) in [5.74, 6) is 0. The lowest BCUT2D eigenvalue weighted by molar-refractivity contribution is 0.135. The lowest BCUT2D eigenvalue weighted by Gasteiger charge is -2.30. The van der Waals surface area contributed by atoms with E-state index in [9.17, 15) is 0 Å². The highest BCUT2D eigenvalue weighted by molar-refractivity contribution is 8.38. The first-order chi connectivity index (χ1) is 5.70. The summed E-state index contributed by atoms with van der Waals surface area (Å²) in [6.07, 6.45) is 9.12. The van der Waals surface area contributed by atoms with Crippen molar-refractivity contribution >= 4 is 10.0 Å². The quantitative estimate of drug-likeness (QED) is 0.667. The third-order valence-electron chi connectivity index (χ3n) is 2.26. The fourth-order valence-electron chi connectivity index (χ4n) is 1.56. The molecule has 0 amide bonds. The van der Waals surface area contributed by atoms with Crippen LogP contribution in [0.25, 0.3) is 0 Å². The van der Waals surface area contributed by atoms with Gasteiger partial charge in [0.2, 0.25) is 0 Å². The second kappa shape index (κ2) is 2.91. The summed E-state index contributed by atoms with van der Waals surface area (Å²) in [6.45, 7) is 1.83. The summed E-state index contributed by atoms with van der Waals surface area (Å²) in [6, 6.07) is 0. The van der Waals surface area contributed by atoms with E-state index in [1.165, 1.54) is 4.91 Å². The fraction of sp³-hybridized carbons (Fsp3) is 0.556. The van der Waals surface area contributed by atoms with Crippen molar-refractivity contribution in [2.24, 2.45) is 0 Å². The lowest BCUT2D eigenvalue weighted by Crippen LogP contribution is -2.26. The smallest absolute Gasteiger partial charge is 0.139 e. The van der Waals surface area contributed by atoms with Crippen LogP contribution in [0.1, 0.15) is 0 Å². The van der Waals surface area contributed by atoms with Gasteiger partial charge in [0.05, 0.1) is 6.61 Å². The Balaban J connectivity index is 2.14. The van der Waals surface area contributed by atoms with Crippen molar-refractivity contribution in [2.45, 2.75) is 6.23 Å². The van der Waals surface area contributed by atoms with Gasteiger partial charge in [-0.1, -0.05) is 6.08 Å². The third kappa shape index (κ3) is 1.32. The summed E-state index contributed by atoms with van der Waals surface area (Å²) >= 11 is 0. The van der Waals surface area contributed by atoms with Gasteiger partial charge < -0.3 is 4.74 Å². The minimum absolute atomic E-state index is 0.185. The number of hydrogen-bond donors (Lipinski definition) is 1. The fourth-order valence-corrected chi connectivity index (χ4v) is 3.32. The van der Waals surface area contributed by atoms with Crippen LogP contribution in [-0.2, 0) is 4.74 Å². The molecule has 68 valence electrons. The Bertz CT molecular complexity index is 239. The van der Waals surface area contributed by atoms with Crippen molar-refractivity contribution in [3.8, 4) is 0 Å². The van der Waals surface area contributed by atoms with Crippen LogP contribution in [0.2, 0.25) is 0 Å². The zero-order chi connectivity index (χ0) is 8.60. The molecule has 12 heavy (non-hydrogen) atoms. The maximum Gasteiger partial charge on any atom is 0.139 e. The molecule has 0 spiro atoms. The molecule has 2 aliphatic rings. The van der Waals surface area contributed by atoms with E-state index in [0.29, 0.717) is 0 Å². The lowest BCUT2D eigenvalue weighted by atomic mass is 10.4. The molecule has 2 nitrogen and oxygen atoms in total. The third-order valence-corrected chi connectivity index (χ3v) is 4.66. The molecule has 3 heteroatoms. The van der Waals surface area contributed by atoms with Crippen molar-refractivity contribution in [2.75, 3.05) is 25.7 Å². The van der Waals surface area contributed by atoms with Gasteiger partial charge >= 0.3 is 0 Å². The summed E-state index contributed by atoms with van der Waals surface area (Å²) in [4.78, 5) is 1.43. The predicted octanol–water partition coefficient (Wildman–Crippen LogP) is 1.41. The maximum absolute atomic E-state index is 5.57. The van der Waals surface area contributed by atoms with Crippen LogP contribution >= 0.6 is 10.0 Å². The molecular formula is C9H15NOS. The molecule has 0 saturated carbocycles. The second-order valence-corrected chi connectivity index (χ2v) is 7.06. The van der Waals surface area contributed by atoms with E-state index in [1.807, 2.05) is 0 Å². The van der Waals surface area contributed by atoms with Gasteiger partial charge in [0.25, 0.3) is 0 Å². The van der Waals surface area contributed by atoms with E-state index >= 15 is 0 Å². The molecule has 1 N–H and O–H groups in total. The number of nitrogens with one attached hydrogen (secondary N) is 1. The number of ether oxygens (including phenoxy) is 1. The number of allylic oxidation sites excluding steroid dienone is 2. The van der Waals surface area contributed by atoms with Crippen molar-refractivity contribution in [3.63, 3.8) is 0 Å². The molecule has 0 bridgehead atoms. The summed E-state index contributed by atoms with van der Waals surface area (Å²) < 4.78 is 5.57. The van der Waals surface area contributed by atoms with Gasteiger partial charge in [-0.05, 0) is 24.0 Å². The Morgan fingerprint density at radius 3 is 2.92 bits per heavy atom. The molecule has 1 unspecified atom stereocenters. The van der Waals surface area contributed by atoms with Gasteiger partial charge in [0, 0.05) is 11.4 Å². The van der Waals surface area contributed by atoms with Crippen LogP contribution < -0.4 is 5.32 Å². The minimum atomic E-state index is -0.677. The van der Waals surface area contributed by atoms with E-state index in [0.717, 1.165) is 13.2 Å². The first-order valence-electron chi connectivity index (χ1n) is 4.17. The summed E-state index contributed by atoms with van der Waals surface area (Å²) in [5.41, 5.74) is 0. The topological polar surface area (TPSA) is 21.3 Å². The standard InChI is InChI=1S/C9H15NOS/c1-12(2)7-3-4-8(12)9-10-5-6-11-9/h3-4,7,9-10H,5-6H2,1-2H3. The van der Waals surface area contributed by atoms with E-state index in [2.05, 4.69) is 35.4 Å². The zero-order valence-electron chi connectivity index (χ0n) is 7.54. The van der Waals surface area contributed by atoms with E-state index in [4.69, 9.17) is 4.74 Å². The van der Waals surface area contributed by atoms with E-state index < -0.39 is 10.0 Å². The van der Waals surface area contributed by atoms with Gasteiger partial charge in [-0.2, -0.15) is 0 Å². The highest BCUT2D eigenvalue weighted by atomic mass is 32.3. The molecule has 0 aromatic rings. The Kier molecular flexibility index (Phi) is 2.02.